The van der Waals surface area contributed by atoms with Gasteiger partial charge in [0.25, 0.3) is 5.91 Å². The first-order valence-corrected chi connectivity index (χ1v) is 9.40. The van der Waals surface area contributed by atoms with E-state index in [9.17, 15) is 9.18 Å². The van der Waals surface area contributed by atoms with Gasteiger partial charge >= 0.3 is 0 Å². The van der Waals surface area contributed by atoms with E-state index in [0.717, 1.165) is 25.1 Å². The monoisotopic (exact) mass is 380 g/mol. The predicted molar refractivity (Wildman–Crippen MR) is 101 cm³/mol. The smallest absolute Gasteiger partial charge is 0.255 e. The van der Waals surface area contributed by atoms with Crippen molar-refractivity contribution in [2.24, 2.45) is 5.92 Å². The van der Waals surface area contributed by atoms with Gasteiger partial charge in [0, 0.05) is 31.4 Å². The van der Waals surface area contributed by atoms with Crippen molar-refractivity contribution in [3.8, 4) is 11.4 Å². The Morgan fingerprint density at radius 1 is 1.29 bits per heavy atom. The zero-order valence-electron chi connectivity index (χ0n) is 15.6. The summed E-state index contributed by atoms with van der Waals surface area (Å²) >= 11 is 0. The summed E-state index contributed by atoms with van der Waals surface area (Å²) in [5.41, 5.74) is 1.70. The lowest BCUT2D eigenvalue weighted by molar-refractivity contribution is 0.0667. The fourth-order valence-corrected chi connectivity index (χ4v) is 3.63. The van der Waals surface area contributed by atoms with Gasteiger partial charge in [0.15, 0.2) is 0 Å². The number of likely N-dealkylation sites (tertiary alicyclic amines) is 1. The van der Waals surface area contributed by atoms with Gasteiger partial charge < -0.3 is 9.42 Å². The standard InChI is InChI=1S/C21H21FN4O2/c1-14-16(8-4-10-23-14)21(27)26-11-5-6-15(13-26)12-19-24-20(25-28-19)17-7-2-3-9-18(17)22/h2-4,7-10,15H,5-6,11-13H2,1H3. The largest absolute Gasteiger partial charge is 0.339 e. The van der Waals surface area contributed by atoms with E-state index in [1.807, 2.05) is 17.9 Å². The highest BCUT2D eigenvalue weighted by molar-refractivity contribution is 5.95. The molecule has 0 radical (unpaired) electrons. The highest BCUT2D eigenvalue weighted by Crippen LogP contribution is 2.24. The van der Waals surface area contributed by atoms with Crippen LogP contribution in [0.25, 0.3) is 11.4 Å². The third-order valence-electron chi connectivity index (χ3n) is 5.09. The molecule has 0 bridgehead atoms. The molecule has 1 saturated heterocycles. The molecule has 4 rings (SSSR count). The predicted octanol–water partition coefficient (Wildman–Crippen LogP) is 3.67. The van der Waals surface area contributed by atoms with Crippen molar-refractivity contribution in [1.29, 1.82) is 0 Å². The summed E-state index contributed by atoms with van der Waals surface area (Å²) in [4.78, 5) is 23.3. The molecule has 1 unspecified atom stereocenters. The summed E-state index contributed by atoms with van der Waals surface area (Å²) in [5, 5.41) is 3.91. The number of carbonyl (C=O) groups excluding carboxylic acids is 1. The van der Waals surface area contributed by atoms with Crippen molar-refractivity contribution in [3.63, 3.8) is 0 Å². The maximum Gasteiger partial charge on any atom is 0.255 e. The van der Waals surface area contributed by atoms with E-state index in [1.54, 1.807) is 30.5 Å². The first kappa shape index (κ1) is 18.3. The number of amides is 1. The molecule has 3 heterocycles. The molecule has 1 aromatic carbocycles. The maximum atomic E-state index is 13.9. The molecule has 1 fully saturated rings. The molecule has 28 heavy (non-hydrogen) atoms. The minimum Gasteiger partial charge on any atom is -0.339 e. The van der Waals surface area contributed by atoms with Crippen LogP contribution >= 0.6 is 0 Å². The Morgan fingerprint density at radius 3 is 2.96 bits per heavy atom. The molecule has 1 aliphatic heterocycles. The van der Waals surface area contributed by atoms with Crippen molar-refractivity contribution < 1.29 is 13.7 Å². The molecule has 1 atom stereocenters. The summed E-state index contributed by atoms with van der Waals surface area (Å²) < 4.78 is 19.2. The van der Waals surface area contributed by atoms with Gasteiger partial charge in [0.2, 0.25) is 11.7 Å². The summed E-state index contributed by atoms with van der Waals surface area (Å²) in [6.07, 6.45) is 4.16. The van der Waals surface area contributed by atoms with Gasteiger partial charge in [-0.05, 0) is 49.9 Å². The van der Waals surface area contributed by atoms with E-state index in [-0.39, 0.29) is 23.5 Å². The minimum absolute atomic E-state index is 0.00729. The molecule has 2 aromatic heterocycles. The molecule has 0 spiro atoms. The van der Waals surface area contributed by atoms with E-state index in [2.05, 4.69) is 15.1 Å². The van der Waals surface area contributed by atoms with Crippen LogP contribution in [0.3, 0.4) is 0 Å². The van der Waals surface area contributed by atoms with Crippen LogP contribution < -0.4 is 0 Å². The average Bonchev–Trinajstić information content (AvgIpc) is 3.16. The van der Waals surface area contributed by atoms with Gasteiger partial charge in [0.1, 0.15) is 5.82 Å². The molecule has 7 heteroatoms. The Hall–Kier alpha value is -3.09. The van der Waals surface area contributed by atoms with Crippen LogP contribution in [0, 0.1) is 18.7 Å². The summed E-state index contributed by atoms with van der Waals surface area (Å²) in [6.45, 7) is 3.20. The molecule has 1 amide bonds. The lowest BCUT2D eigenvalue weighted by atomic mass is 9.94. The van der Waals surface area contributed by atoms with Crippen LogP contribution in [0.2, 0.25) is 0 Å². The zero-order chi connectivity index (χ0) is 19.5. The molecule has 0 N–H and O–H groups in total. The van der Waals surface area contributed by atoms with Gasteiger partial charge in [-0.15, -0.1) is 0 Å². The molecule has 144 valence electrons. The average molecular weight is 380 g/mol. The number of aryl methyl sites for hydroxylation is 1. The Morgan fingerprint density at radius 2 is 2.14 bits per heavy atom. The van der Waals surface area contributed by atoms with Crippen molar-refractivity contribution in [2.75, 3.05) is 13.1 Å². The van der Waals surface area contributed by atoms with Gasteiger partial charge in [0.05, 0.1) is 11.1 Å². The van der Waals surface area contributed by atoms with Gasteiger partial charge in [-0.3, -0.25) is 9.78 Å². The molecule has 0 saturated carbocycles. The number of hydrogen-bond acceptors (Lipinski definition) is 5. The van der Waals surface area contributed by atoms with Crippen LogP contribution in [0.1, 0.15) is 34.8 Å². The van der Waals surface area contributed by atoms with Crippen molar-refractivity contribution >= 4 is 5.91 Å². The maximum absolute atomic E-state index is 13.9. The van der Waals surface area contributed by atoms with Gasteiger partial charge in [-0.1, -0.05) is 17.3 Å². The fraction of sp³-hybridized carbons (Fsp3) is 0.333. The van der Waals surface area contributed by atoms with Crippen molar-refractivity contribution in [3.05, 3.63) is 65.6 Å². The third kappa shape index (κ3) is 3.78. The normalized spacial score (nSPS) is 16.9. The quantitative estimate of drug-likeness (QED) is 0.690. The van der Waals surface area contributed by atoms with Crippen LogP contribution in [0.5, 0.6) is 0 Å². The summed E-state index contributed by atoms with van der Waals surface area (Å²) in [5.74, 6) is 0.575. The Balaban J connectivity index is 1.44. The number of pyridine rings is 1. The van der Waals surface area contributed by atoms with E-state index < -0.39 is 0 Å². The lowest BCUT2D eigenvalue weighted by Gasteiger charge is -2.32. The zero-order valence-corrected chi connectivity index (χ0v) is 15.6. The number of piperidine rings is 1. The highest BCUT2D eigenvalue weighted by Gasteiger charge is 2.27. The summed E-state index contributed by atoms with van der Waals surface area (Å²) in [7, 11) is 0. The highest BCUT2D eigenvalue weighted by atomic mass is 19.1. The first-order valence-electron chi connectivity index (χ1n) is 9.40. The minimum atomic E-state index is -0.379. The Labute approximate surface area is 162 Å². The number of nitrogens with zero attached hydrogens (tertiary/aromatic N) is 4. The molecule has 3 aromatic rings. The van der Waals surface area contributed by atoms with Crippen LogP contribution in [0.4, 0.5) is 4.39 Å². The summed E-state index contributed by atoms with van der Waals surface area (Å²) in [6, 6.07) is 9.95. The second kappa shape index (κ2) is 7.88. The van der Waals surface area contributed by atoms with Crippen molar-refractivity contribution in [2.45, 2.75) is 26.2 Å². The van der Waals surface area contributed by atoms with E-state index in [4.69, 9.17) is 4.52 Å². The SMILES string of the molecule is Cc1ncccc1C(=O)N1CCCC(Cc2nc(-c3ccccc3F)no2)C1. The Bertz CT molecular complexity index is 988. The number of halogens is 1. The molecule has 1 aliphatic rings. The lowest BCUT2D eigenvalue weighted by Crippen LogP contribution is -2.40. The third-order valence-corrected chi connectivity index (χ3v) is 5.09. The molecule has 0 aliphatic carbocycles. The number of carbonyl (C=O) groups is 1. The number of hydrogen-bond donors (Lipinski definition) is 0. The van der Waals surface area contributed by atoms with E-state index >= 15 is 0 Å². The second-order valence-electron chi connectivity index (χ2n) is 7.09. The van der Waals surface area contributed by atoms with E-state index in [1.165, 1.54) is 6.07 Å². The van der Waals surface area contributed by atoms with Crippen molar-refractivity contribution in [1.82, 2.24) is 20.0 Å². The van der Waals surface area contributed by atoms with Crippen LogP contribution in [-0.2, 0) is 6.42 Å². The topological polar surface area (TPSA) is 72.1 Å². The molecule has 6 nitrogen and oxygen atoms in total. The van der Waals surface area contributed by atoms with Gasteiger partial charge in [-0.25, -0.2) is 4.39 Å². The fourth-order valence-electron chi connectivity index (χ4n) is 3.63. The van der Waals surface area contributed by atoms with E-state index in [0.29, 0.717) is 30.0 Å². The second-order valence-corrected chi connectivity index (χ2v) is 7.09. The number of benzene rings is 1. The van der Waals surface area contributed by atoms with Crippen LogP contribution in [-0.4, -0.2) is 39.0 Å². The van der Waals surface area contributed by atoms with Crippen LogP contribution in [0.15, 0.2) is 47.1 Å². The Kier molecular flexibility index (Phi) is 5.14. The molecular weight excluding hydrogens is 359 g/mol. The number of aromatic nitrogens is 3. The molecular formula is C21H21FN4O2. The number of rotatable bonds is 4. The van der Waals surface area contributed by atoms with Gasteiger partial charge in [-0.2, -0.15) is 4.98 Å². The first-order chi connectivity index (χ1) is 13.6.